The Balaban J connectivity index is 2.14. The van der Waals surface area contributed by atoms with Crippen molar-refractivity contribution in [3.05, 3.63) is 63.5 Å². The lowest BCUT2D eigenvalue weighted by atomic mass is 10.1. The molecule has 0 radical (unpaired) electrons. The van der Waals surface area contributed by atoms with Crippen molar-refractivity contribution in [1.29, 1.82) is 0 Å². The lowest BCUT2D eigenvalue weighted by molar-refractivity contribution is -0.383. The Labute approximate surface area is 121 Å². The molecule has 7 nitrogen and oxygen atoms in total. The van der Waals surface area contributed by atoms with Gasteiger partial charge in [0.15, 0.2) is 0 Å². The van der Waals surface area contributed by atoms with Crippen molar-refractivity contribution >= 4 is 17.3 Å². The number of aromatic nitrogens is 1. The Hall–Kier alpha value is -2.96. The first kappa shape index (κ1) is 14.4. The summed E-state index contributed by atoms with van der Waals surface area (Å²) in [6.45, 7) is 2.08. The molecule has 2 aromatic rings. The number of hydrogen-bond donors (Lipinski definition) is 2. The van der Waals surface area contributed by atoms with E-state index in [1.54, 1.807) is 6.07 Å². The van der Waals surface area contributed by atoms with Crippen LogP contribution in [0, 0.1) is 17.0 Å². The highest BCUT2D eigenvalue weighted by Gasteiger charge is 2.18. The molecule has 0 atom stereocenters. The molecule has 0 aliphatic rings. The van der Waals surface area contributed by atoms with Crippen LogP contribution in [0.2, 0.25) is 0 Å². The fraction of sp³-hybridized carbons (Fsp3) is 0.143. The second kappa shape index (κ2) is 6.00. The highest BCUT2D eigenvalue weighted by molar-refractivity contribution is 6.00. The summed E-state index contributed by atoms with van der Waals surface area (Å²) in [5.41, 5.74) is 6.86. The van der Waals surface area contributed by atoms with Gasteiger partial charge in [-0.25, -0.2) is 0 Å². The molecule has 108 valence electrons. The lowest BCUT2D eigenvalue weighted by Gasteiger charge is -2.07. The zero-order valence-electron chi connectivity index (χ0n) is 11.4. The summed E-state index contributed by atoms with van der Waals surface area (Å²) in [5.74, 6) is -0.473. The first-order valence-electron chi connectivity index (χ1n) is 6.22. The molecular weight excluding hydrogens is 272 g/mol. The minimum Gasteiger partial charge on any atom is -0.393 e. The monoisotopic (exact) mass is 286 g/mol. The SMILES string of the molecule is Cc1cccc(CNC(=O)c2cccc([N+](=O)[O-])c2N)n1. The molecule has 0 unspecified atom stereocenters. The number of para-hydroxylation sites is 1. The minimum absolute atomic E-state index is 0.0804. The van der Waals surface area contributed by atoms with Gasteiger partial charge in [0.05, 0.1) is 22.7 Å². The van der Waals surface area contributed by atoms with Crippen molar-refractivity contribution in [3.8, 4) is 0 Å². The van der Waals surface area contributed by atoms with Crippen LogP contribution in [0.3, 0.4) is 0 Å². The quantitative estimate of drug-likeness (QED) is 0.506. The Morgan fingerprint density at radius 3 is 2.71 bits per heavy atom. The van der Waals surface area contributed by atoms with Crippen molar-refractivity contribution in [2.75, 3.05) is 5.73 Å². The van der Waals surface area contributed by atoms with Crippen molar-refractivity contribution in [2.45, 2.75) is 13.5 Å². The van der Waals surface area contributed by atoms with Gasteiger partial charge in [-0.3, -0.25) is 19.9 Å². The number of amides is 1. The predicted molar refractivity (Wildman–Crippen MR) is 77.7 cm³/mol. The second-order valence-electron chi connectivity index (χ2n) is 4.45. The van der Waals surface area contributed by atoms with Gasteiger partial charge in [0.1, 0.15) is 5.69 Å². The number of nitro benzene ring substituents is 1. The van der Waals surface area contributed by atoms with E-state index >= 15 is 0 Å². The smallest absolute Gasteiger partial charge is 0.292 e. The number of benzene rings is 1. The van der Waals surface area contributed by atoms with Gasteiger partial charge >= 0.3 is 0 Å². The number of nitrogens with two attached hydrogens (primary N) is 1. The normalized spacial score (nSPS) is 10.1. The molecule has 21 heavy (non-hydrogen) atoms. The van der Waals surface area contributed by atoms with E-state index in [2.05, 4.69) is 10.3 Å². The van der Waals surface area contributed by atoms with Gasteiger partial charge in [-0.2, -0.15) is 0 Å². The van der Waals surface area contributed by atoms with E-state index < -0.39 is 10.8 Å². The van der Waals surface area contributed by atoms with Crippen molar-refractivity contribution in [2.24, 2.45) is 0 Å². The summed E-state index contributed by atoms with van der Waals surface area (Å²) < 4.78 is 0. The Morgan fingerprint density at radius 2 is 2.05 bits per heavy atom. The predicted octanol–water partition coefficient (Wildman–Crippen LogP) is 1.81. The highest BCUT2D eigenvalue weighted by atomic mass is 16.6. The third kappa shape index (κ3) is 3.33. The van der Waals surface area contributed by atoms with E-state index in [1.165, 1.54) is 18.2 Å². The third-order valence-electron chi connectivity index (χ3n) is 2.90. The van der Waals surface area contributed by atoms with Gasteiger partial charge < -0.3 is 11.1 Å². The zero-order chi connectivity index (χ0) is 15.4. The van der Waals surface area contributed by atoms with Gasteiger partial charge in [0, 0.05) is 11.8 Å². The molecule has 1 aromatic heterocycles. The third-order valence-corrected chi connectivity index (χ3v) is 2.90. The molecule has 0 fully saturated rings. The Bertz CT molecular complexity index is 700. The number of anilines is 1. The second-order valence-corrected chi connectivity index (χ2v) is 4.45. The van der Waals surface area contributed by atoms with Crippen molar-refractivity contribution in [3.63, 3.8) is 0 Å². The average molecular weight is 286 g/mol. The lowest BCUT2D eigenvalue weighted by Crippen LogP contribution is -2.24. The van der Waals surface area contributed by atoms with Crippen LogP contribution >= 0.6 is 0 Å². The molecule has 7 heteroatoms. The fourth-order valence-electron chi connectivity index (χ4n) is 1.87. The van der Waals surface area contributed by atoms with Crippen LogP contribution in [0.1, 0.15) is 21.7 Å². The molecule has 3 N–H and O–H groups in total. The minimum atomic E-state index is -0.617. The van der Waals surface area contributed by atoms with Gasteiger partial charge in [-0.15, -0.1) is 0 Å². The van der Waals surface area contributed by atoms with Crippen LogP contribution in [0.4, 0.5) is 11.4 Å². The number of nitro groups is 1. The molecule has 0 spiro atoms. The van der Waals surface area contributed by atoms with Gasteiger partial charge in [0.25, 0.3) is 11.6 Å². The number of nitrogen functional groups attached to an aromatic ring is 1. The number of rotatable bonds is 4. The van der Waals surface area contributed by atoms with Crippen LogP contribution in [0.5, 0.6) is 0 Å². The molecule has 0 saturated carbocycles. The maximum absolute atomic E-state index is 12.1. The molecule has 0 saturated heterocycles. The van der Waals surface area contributed by atoms with Crippen LogP contribution < -0.4 is 11.1 Å². The molecule has 1 aromatic carbocycles. The fourth-order valence-corrected chi connectivity index (χ4v) is 1.87. The van der Waals surface area contributed by atoms with E-state index in [4.69, 9.17) is 5.73 Å². The van der Waals surface area contributed by atoms with Gasteiger partial charge in [-0.05, 0) is 25.1 Å². The molecule has 0 bridgehead atoms. The van der Waals surface area contributed by atoms with Gasteiger partial charge in [0.2, 0.25) is 0 Å². The summed E-state index contributed by atoms with van der Waals surface area (Å²) in [5, 5.41) is 13.4. The van der Waals surface area contributed by atoms with Crippen LogP contribution in [-0.2, 0) is 6.54 Å². The zero-order valence-corrected chi connectivity index (χ0v) is 11.4. The summed E-state index contributed by atoms with van der Waals surface area (Å²) >= 11 is 0. The van der Waals surface area contributed by atoms with E-state index in [-0.39, 0.29) is 23.5 Å². The van der Waals surface area contributed by atoms with E-state index in [9.17, 15) is 14.9 Å². The summed E-state index contributed by atoms with van der Waals surface area (Å²) in [6, 6.07) is 9.60. The number of carbonyl (C=O) groups excluding carboxylic acids is 1. The Morgan fingerprint density at radius 1 is 1.33 bits per heavy atom. The number of nitrogens with zero attached hydrogens (tertiary/aromatic N) is 2. The maximum atomic E-state index is 12.1. The Kier molecular flexibility index (Phi) is 4.13. The molecular formula is C14H14N4O3. The van der Waals surface area contributed by atoms with Crippen LogP contribution in [0.15, 0.2) is 36.4 Å². The largest absolute Gasteiger partial charge is 0.393 e. The van der Waals surface area contributed by atoms with Crippen LogP contribution in [0.25, 0.3) is 0 Å². The van der Waals surface area contributed by atoms with E-state index in [1.807, 2.05) is 19.1 Å². The topological polar surface area (TPSA) is 111 Å². The van der Waals surface area contributed by atoms with E-state index in [0.717, 1.165) is 5.69 Å². The summed E-state index contributed by atoms with van der Waals surface area (Å²) in [4.78, 5) is 26.5. The first-order chi connectivity index (χ1) is 9.99. The number of pyridine rings is 1. The highest BCUT2D eigenvalue weighted by Crippen LogP contribution is 2.24. The number of nitrogens with one attached hydrogen (secondary N) is 1. The molecule has 0 aliphatic carbocycles. The molecule has 1 heterocycles. The van der Waals surface area contributed by atoms with Crippen molar-refractivity contribution in [1.82, 2.24) is 10.3 Å². The number of carbonyl (C=O) groups is 1. The molecule has 1 amide bonds. The average Bonchev–Trinajstić information content (AvgIpc) is 2.45. The standard InChI is InChI=1S/C14H14N4O3/c1-9-4-2-5-10(17-9)8-16-14(19)11-6-3-7-12(13(11)15)18(20)21/h2-7H,8,15H2,1H3,(H,16,19). The van der Waals surface area contributed by atoms with Gasteiger partial charge in [-0.1, -0.05) is 12.1 Å². The molecule has 2 rings (SSSR count). The van der Waals surface area contributed by atoms with Crippen LogP contribution in [-0.4, -0.2) is 15.8 Å². The first-order valence-corrected chi connectivity index (χ1v) is 6.22. The maximum Gasteiger partial charge on any atom is 0.292 e. The number of hydrogen-bond acceptors (Lipinski definition) is 5. The van der Waals surface area contributed by atoms with E-state index in [0.29, 0.717) is 5.69 Å². The van der Waals surface area contributed by atoms with Crippen molar-refractivity contribution < 1.29 is 9.72 Å². The number of aryl methyl sites for hydroxylation is 1. The summed E-state index contributed by atoms with van der Waals surface area (Å²) in [6.07, 6.45) is 0. The summed E-state index contributed by atoms with van der Waals surface area (Å²) in [7, 11) is 0. The molecule has 0 aliphatic heterocycles.